The van der Waals surface area contributed by atoms with Crippen molar-refractivity contribution in [3.63, 3.8) is 0 Å². The average molecular weight is 471 g/mol. The summed E-state index contributed by atoms with van der Waals surface area (Å²) in [5.41, 5.74) is 7.87. The molecule has 1 amide bonds. The molecule has 5 nitrogen and oxygen atoms in total. The van der Waals surface area contributed by atoms with Gasteiger partial charge in [-0.25, -0.2) is 5.43 Å². The predicted octanol–water partition coefficient (Wildman–Crippen LogP) is 5.40. The number of hydrogen-bond acceptors (Lipinski definition) is 3. The van der Waals surface area contributed by atoms with Crippen molar-refractivity contribution in [2.45, 2.75) is 13.5 Å². The summed E-state index contributed by atoms with van der Waals surface area (Å²) in [4.78, 5) is 12.4. The Morgan fingerprint density at radius 2 is 1.90 bits per heavy atom. The standard InChI is InChI=1S/C25H19BrN4O/c1-17-22(15-28-29-25(31)21-10-2-4-11-23(21)26)20-9-3-5-12-24(20)30(17)16-19-8-6-7-18(13-19)14-27/h2-13,15H,16H2,1H3,(H,29,31)/b28-15+. The Kier molecular flexibility index (Phi) is 5.96. The quantitative estimate of drug-likeness (QED) is 0.313. The molecule has 0 saturated heterocycles. The zero-order valence-corrected chi connectivity index (χ0v) is 18.4. The van der Waals surface area contributed by atoms with Crippen LogP contribution in [0.4, 0.5) is 0 Å². The molecule has 0 aliphatic heterocycles. The zero-order chi connectivity index (χ0) is 21.8. The van der Waals surface area contributed by atoms with E-state index in [1.807, 2.05) is 61.5 Å². The van der Waals surface area contributed by atoms with Crippen LogP contribution >= 0.6 is 15.9 Å². The molecule has 152 valence electrons. The Hall–Kier alpha value is -3.69. The maximum Gasteiger partial charge on any atom is 0.272 e. The average Bonchev–Trinajstić information content (AvgIpc) is 3.05. The summed E-state index contributed by atoms with van der Waals surface area (Å²) >= 11 is 3.39. The third-order valence-electron chi connectivity index (χ3n) is 5.15. The van der Waals surface area contributed by atoms with Gasteiger partial charge < -0.3 is 4.57 Å². The van der Waals surface area contributed by atoms with Crippen molar-refractivity contribution < 1.29 is 4.79 Å². The van der Waals surface area contributed by atoms with Gasteiger partial charge >= 0.3 is 0 Å². The van der Waals surface area contributed by atoms with Gasteiger partial charge in [0.2, 0.25) is 0 Å². The second-order valence-corrected chi connectivity index (χ2v) is 7.95. The topological polar surface area (TPSA) is 70.2 Å². The second-order valence-electron chi connectivity index (χ2n) is 7.09. The molecule has 0 aliphatic rings. The van der Waals surface area contributed by atoms with E-state index >= 15 is 0 Å². The molecule has 1 aromatic heterocycles. The van der Waals surface area contributed by atoms with Crippen LogP contribution in [-0.4, -0.2) is 16.7 Å². The van der Waals surface area contributed by atoms with Crippen LogP contribution in [0.5, 0.6) is 0 Å². The minimum atomic E-state index is -0.279. The molecule has 0 saturated carbocycles. The van der Waals surface area contributed by atoms with Crippen LogP contribution in [0.3, 0.4) is 0 Å². The number of rotatable bonds is 5. The molecule has 0 bridgehead atoms. The van der Waals surface area contributed by atoms with E-state index < -0.39 is 0 Å². The molecule has 6 heteroatoms. The lowest BCUT2D eigenvalue weighted by atomic mass is 10.1. The molecule has 1 heterocycles. The van der Waals surface area contributed by atoms with Crippen LogP contribution in [0.25, 0.3) is 10.9 Å². The van der Waals surface area contributed by atoms with Crippen LogP contribution in [-0.2, 0) is 6.54 Å². The first kappa shape index (κ1) is 20.6. The fraction of sp³-hybridized carbons (Fsp3) is 0.0800. The lowest BCUT2D eigenvalue weighted by molar-refractivity contribution is 0.0954. The number of hydrazone groups is 1. The highest BCUT2D eigenvalue weighted by Gasteiger charge is 2.13. The number of benzene rings is 3. The fourth-order valence-corrected chi connectivity index (χ4v) is 4.07. The number of carbonyl (C=O) groups is 1. The van der Waals surface area contributed by atoms with Gasteiger partial charge in [-0.15, -0.1) is 0 Å². The molecule has 0 radical (unpaired) electrons. The summed E-state index contributed by atoms with van der Waals surface area (Å²) in [6.45, 7) is 2.67. The highest BCUT2D eigenvalue weighted by Crippen LogP contribution is 2.26. The van der Waals surface area contributed by atoms with E-state index in [2.05, 4.69) is 43.2 Å². The number of nitriles is 1. The summed E-state index contributed by atoms with van der Waals surface area (Å²) in [7, 11) is 0. The third-order valence-corrected chi connectivity index (χ3v) is 5.85. The Bertz CT molecular complexity index is 1350. The van der Waals surface area contributed by atoms with E-state index in [-0.39, 0.29) is 5.91 Å². The molecule has 0 fully saturated rings. The molecule has 0 atom stereocenters. The molecule has 0 spiro atoms. The van der Waals surface area contributed by atoms with Gasteiger partial charge in [-0.1, -0.05) is 42.5 Å². The molecule has 4 rings (SSSR count). The number of halogens is 1. The molecular weight excluding hydrogens is 452 g/mol. The Morgan fingerprint density at radius 1 is 1.13 bits per heavy atom. The zero-order valence-electron chi connectivity index (χ0n) is 16.8. The number of nitrogens with one attached hydrogen (secondary N) is 1. The number of carbonyl (C=O) groups excluding carboxylic acids is 1. The van der Waals surface area contributed by atoms with Gasteiger partial charge in [0, 0.05) is 33.2 Å². The monoisotopic (exact) mass is 470 g/mol. The highest BCUT2D eigenvalue weighted by molar-refractivity contribution is 9.10. The number of nitrogens with zero attached hydrogens (tertiary/aromatic N) is 3. The van der Waals surface area contributed by atoms with Gasteiger partial charge in [0.1, 0.15) is 0 Å². The van der Waals surface area contributed by atoms with Gasteiger partial charge in [0.15, 0.2) is 0 Å². The largest absolute Gasteiger partial charge is 0.340 e. The lowest BCUT2D eigenvalue weighted by Gasteiger charge is -2.09. The Morgan fingerprint density at radius 3 is 2.71 bits per heavy atom. The van der Waals surface area contributed by atoms with Crippen LogP contribution < -0.4 is 5.43 Å². The first-order valence-corrected chi connectivity index (χ1v) is 10.5. The number of para-hydroxylation sites is 1. The molecule has 3 aromatic carbocycles. The summed E-state index contributed by atoms with van der Waals surface area (Å²) in [5, 5.41) is 14.5. The highest BCUT2D eigenvalue weighted by atomic mass is 79.9. The van der Waals surface area contributed by atoms with Crippen molar-refractivity contribution in [2.24, 2.45) is 5.10 Å². The summed E-state index contributed by atoms with van der Waals surface area (Å²) in [6, 6.07) is 25.1. The SMILES string of the molecule is Cc1c(/C=N/NC(=O)c2ccccc2Br)c2ccccc2n1Cc1cccc(C#N)c1. The maximum atomic E-state index is 12.4. The molecule has 1 N–H and O–H groups in total. The summed E-state index contributed by atoms with van der Waals surface area (Å²) in [6.07, 6.45) is 1.69. The lowest BCUT2D eigenvalue weighted by Crippen LogP contribution is -2.18. The number of fused-ring (bicyclic) bond motifs is 1. The molecule has 4 aromatic rings. The molecule has 31 heavy (non-hydrogen) atoms. The van der Waals surface area contributed by atoms with Crippen molar-refractivity contribution in [1.82, 2.24) is 9.99 Å². The van der Waals surface area contributed by atoms with Crippen LogP contribution in [0.2, 0.25) is 0 Å². The fourth-order valence-electron chi connectivity index (χ4n) is 3.61. The van der Waals surface area contributed by atoms with Crippen molar-refractivity contribution in [2.75, 3.05) is 0 Å². The van der Waals surface area contributed by atoms with Gasteiger partial charge in [0.05, 0.1) is 23.4 Å². The van der Waals surface area contributed by atoms with E-state index in [4.69, 9.17) is 0 Å². The Labute approximate surface area is 188 Å². The number of amides is 1. The van der Waals surface area contributed by atoms with Crippen molar-refractivity contribution in [3.8, 4) is 6.07 Å². The summed E-state index contributed by atoms with van der Waals surface area (Å²) < 4.78 is 2.91. The van der Waals surface area contributed by atoms with Crippen molar-refractivity contribution in [3.05, 3.63) is 105 Å². The van der Waals surface area contributed by atoms with Crippen LogP contribution in [0.15, 0.2) is 82.4 Å². The van der Waals surface area contributed by atoms with E-state index in [1.54, 1.807) is 18.3 Å². The van der Waals surface area contributed by atoms with Crippen molar-refractivity contribution >= 4 is 39.0 Å². The van der Waals surface area contributed by atoms with Gasteiger partial charge in [-0.05, 0) is 58.7 Å². The molecule has 0 aliphatic carbocycles. The van der Waals surface area contributed by atoms with E-state index in [0.29, 0.717) is 17.7 Å². The number of aromatic nitrogens is 1. The minimum Gasteiger partial charge on any atom is -0.340 e. The first-order valence-electron chi connectivity index (χ1n) is 9.73. The predicted molar refractivity (Wildman–Crippen MR) is 126 cm³/mol. The van der Waals surface area contributed by atoms with Crippen molar-refractivity contribution in [1.29, 1.82) is 5.26 Å². The van der Waals surface area contributed by atoms with Crippen LogP contribution in [0, 0.1) is 18.3 Å². The van der Waals surface area contributed by atoms with Gasteiger partial charge in [0.25, 0.3) is 5.91 Å². The van der Waals surface area contributed by atoms with Crippen LogP contribution in [0.1, 0.15) is 32.7 Å². The first-order chi connectivity index (χ1) is 15.1. The second kappa shape index (κ2) is 8.99. The van der Waals surface area contributed by atoms with Gasteiger partial charge in [-0.2, -0.15) is 10.4 Å². The normalized spacial score (nSPS) is 11.0. The number of hydrogen-bond donors (Lipinski definition) is 1. The molecular formula is C25H19BrN4O. The maximum absolute atomic E-state index is 12.4. The summed E-state index contributed by atoms with van der Waals surface area (Å²) in [5.74, 6) is -0.279. The third kappa shape index (κ3) is 4.27. The van der Waals surface area contributed by atoms with E-state index in [0.717, 1.165) is 32.2 Å². The smallest absolute Gasteiger partial charge is 0.272 e. The minimum absolute atomic E-state index is 0.279. The van der Waals surface area contributed by atoms with Gasteiger partial charge in [-0.3, -0.25) is 4.79 Å². The Balaban J connectivity index is 1.65. The van der Waals surface area contributed by atoms with E-state index in [1.165, 1.54) is 0 Å². The molecule has 0 unspecified atom stereocenters. The van der Waals surface area contributed by atoms with E-state index in [9.17, 15) is 10.1 Å².